The molecule has 0 saturated heterocycles. The molecule has 0 fully saturated rings. The molecular weight excluding hydrogens is 344 g/mol. The predicted molar refractivity (Wildman–Crippen MR) is 99.1 cm³/mol. The van der Waals surface area contributed by atoms with Crippen molar-refractivity contribution in [2.45, 2.75) is 19.8 Å². The number of hydrogen-bond acceptors (Lipinski definition) is 4. The van der Waals surface area contributed by atoms with Crippen LogP contribution in [-0.2, 0) is 6.42 Å². The second kappa shape index (κ2) is 6.16. The third kappa shape index (κ3) is 2.65. The van der Waals surface area contributed by atoms with Gasteiger partial charge in [-0.3, -0.25) is 24.1 Å². The molecule has 2 aromatic carbocycles. The van der Waals surface area contributed by atoms with Crippen molar-refractivity contribution < 1.29 is 19.2 Å². The van der Waals surface area contributed by atoms with E-state index in [1.54, 1.807) is 36.4 Å². The molecule has 6 heteroatoms. The van der Waals surface area contributed by atoms with Crippen molar-refractivity contribution in [2.24, 2.45) is 5.92 Å². The zero-order valence-electron chi connectivity index (χ0n) is 15.0. The molecule has 1 atom stereocenters. The predicted octanol–water partition coefficient (Wildman–Crippen LogP) is 2.93. The molecule has 0 saturated carbocycles. The maximum Gasteiger partial charge on any atom is 0.263 e. The smallest absolute Gasteiger partial charge is 0.263 e. The summed E-state index contributed by atoms with van der Waals surface area (Å²) in [5.74, 6) is -1.26. The Labute approximate surface area is 156 Å². The highest BCUT2D eigenvalue weighted by Crippen LogP contribution is 2.38. The number of carbonyl (C=O) groups is 4. The molecule has 1 N–H and O–H groups in total. The number of anilines is 1. The van der Waals surface area contributed by atoms with Gasteiger partial charge in [0.05, 0.1) is 16.8 Å². The second-order valence-electron chi connectivity index (χ2n) is 7.13. The van der Waals surface area contributed by atoms with Crippen LogP contribution in [0.25, 0.3) is 0 Å². The zero-order valence-corrected chi connectivity index (χ0v) is 15.0. The van der Waals surface area contributed by atoms with Gasteiger partial charge >= 0.3 is 0 Å². The van der Waals surface area contributed by atoms with Crippen LogP contribution < -0.4 is 5.32 Å². The fourth-order valence-corrected chi connectivity index (χ4v) is 3.80. The minimum absolute atomic E-state index is 0.0726. The number of imide groups is 1. The molecule has 136 valence electrons. The number of carbonyl (C=O) groups excluding carboxylic acids is 4. The van der Waals surface area contributed by atoms with E-state index in [1.807, 2.05) is 6.92 Å². The normalized spacial score (nSPS) is 18.4. The summed E-state index contributed by atoms with van der Waals surface area (Å²) < 4.78 is 0. The molecule has 6 nitrogen and oxygen atoms in total. The first-order valence-electron chi connectivity index (χ1n) is 8.80. The summed E-state index contributed by atoms with van der Waals surface area (Å²) in [5, 5.41) is 2.72. The first-order chi connectivity index (χ1) is 12.9. The van der Waals surface area contributed by atoms with E-state index in [9.17, 15) is 19.2 Å². The highest BCUT2D eigenvalue weighted by Gasteiger charge is 2.41. The number of fused-ring (bicyclic) bond motifs is 3. The van der Waals surface area contributed by atoms with E-state index in [0.717, 1.165) is 4.90 Å². The number of benzene rings is 2. The summed E-state index contributed by atoms with van der Waals surface area (Å²) >= 11 is 0. The molecule has 0 bridgehead atoms. The minimum Gasteiger partial charge on any atom is -0.321 e. The van der Waals surface area contributed by atoms with Crippen LogP contribution in [0.2, 0.25) is 0 Å². The summed E-state index contributed by atoms with van der Waals surface area (Å²) in [5.41, 5.74) is 2.11. The Hall–Kier alpha value is -3.28. The van der Waals surface area contributed by atoms with E-state index in [0.29, 0.717) is 29.5 Å². The van der Waals surface area contributed by atoms with Gasteiger partial charge in [-0.15, -0.1) is 0 Å². The van der Waals surface area contributed by atoms with E-state index in [4.69, 9.17) is 0 Å². The monoisotopic (exact) mass is 362 g/mol. The lowest BCUT2D eigenvalue weighted by atomic mass is 9.80. The largest absolute Gasteiger partial charge is 0.321 e. The molecule has 1 aliphatic heterocycles. The first kappa shape index (κ1) is 17.1. The standard InChI is InChI=1S/C21H18N2O4/c1-11-8-14-13(16(24)9-11)10-15(18-17(14)20(26)23(2)21(18)27)22-19(25)12-6-4-3-5-7-12/h3-7,10-11H,8-9H2,1-2H3,(H,22,25). The molecule has 0 radical (unpaired) electrons. The minimum atomic E-state index is -0.466. The van der Waals surface area contributed by atoms with E-state index >= 15 is 0 Å². The lowest BCUT2D eigenvalue weighted by molar-refractivity contribution is 0.0693. The van der Waals surface area contributed by atoms with Crippen molar-refractivity contribution >= 4 is 29.2 Å². The topological polar surface area (TPSA) is 83.6 Å². The van der Waals surface area contributed by atoms with Gasteiger partial charge in [0.25, 0.3) is 17.7 Å². The molecule has 0 spiro atoms. The number of Topliss-reactive ketones (excluding diaryl/α,β-unsaturated/α-hetero) is 1. The van der Waals surface area contributed by atoms with Gasteiger partial charge in [-0.2, -0.15) is 0 Å². The Kier molecular flexibility index (Phi) is 3.91. The van der Waals surface area contributed by atoms with Gasteiger partial charge in [-0.1, -0.05) is 25.1 Å². The summed E-state index contributed by atoms with van der Waals surface area (Å²) in [6.07, 6.45) is 0.943. The Balaban J connectivity index is 1.87. The average Bonchev–Trinajstić information content (AvgIpc) is 2.88. The van der Waals surface area contributed by atoms with Gasteiger partial charge in [0.15, 0.2) is 5.78 Å². The first-order valence-corrected chi connectivity index (χ1v) is 8.80. The van der Waals surface area contributed by atoms with Crippen LogP contribution in [0.1, 0.15) is 60.3 Å². The van der Waals surface area contributed by atoms with E-state index in [1.165, 1.54) is 7.05 Å². The summed E-state index contributed by atoms with van der Waals surface area (Å²) in [6, 6.07) is 10.1. The van der Waals surface area contributed by atoms with Gasteiger partial charge in [-0.25, -0.2) is 0 Å². The molecule has 2 aromatic rings. The van der Waals surface area contributed by atoms with Crippen LogP contribution >= 0.6 is 0 Å². The summed E-state index contributed by atoms with van der Waals surface area (Å²) in [7, 11) is 1.41. The van der Waals surface area contributed by atoms with Gasteiger partial charge in [-0.05, 0) is 36.1 Å². The Morgan fingerprint density at radius 1 is 1.04 bits per heavy atom. The van der Waals surface area contributed by atoms with Crippen LogP contribution in [0.4, 0.5) is 5.69 Å². The lowest BCUT2D eigenvalue weighted by Crippen LogP contribution is -2.25. The third-order valence-electron chi connectivity index (χ3n) is 5.14. The number of amides is 3. The maximum atomic E-state index is 12.7. The van der Waals surface area contributed by atoms with Crippen LogP contribution in [-0.4, -0.2) is 35.5 Å². The van der Waals surface area contributed by atoms with Crippen molar-refractivity contribution in [1.82, 2.24) is 4.90 Å². The van der Waals surface area contributed by atoms with E-state index < -0.39 is 17.7 Å². The number of rotatable bonds is 2. The van der Waals surface area contributed by atoms with Gasteiger partial charge in [0.2, 0.25) is 0 Å². The molecule has 1 aliphatic carbocycles. The molecular formula is C21H18N2O4. The molecule has 1 heterocycles. The van der Waals surface area contributed by atoms with Crippen molar-refractivity contribution in [2.75, 3.05) is 12.4 Å². The van der Waals surface area contributed by atoms with Crippen molar-refractivity contribution in [3.8, 4) is 0 Å². The van der Waals surface area contributed by atoms with Crippen molar-refractivity contribution in [1.29, 1.82) is 0 Å². The Morgan fingerprint density at radius 3 is 2.41 bits per heavy atom. The second-order valence-corrected chi connectivity index (χ2v) is 7.13. The maximum absolute atomic E-state index is 12.7. The molecule has 27 heavy (non-hydrogen) atoms. The quantitative estimate of drug-likeness (QED) is 0.833. The highest BCUT2D eigenvalue weighted by molar-refractivity contribution is 6.26. The molecule has 3 amide bonds. The van der Waals surface area contributed by atoms with E-state index in [-0.39, 0.29) is 28.5 Å². The average molecular weight is 362 g/mol. The molecule has 2 aliphatic rings. The molecule has 4 rings (SSSR count). The number of ketones is 1. The lowest BCUT2D eigenvalue weighted by Gasteiger charge is -2.23. The SMILES string of the molecule is CC1CC(=O)c2cc(NC(=O)c3ccccc3)c3c(c2C1)C(=O)N(C)C3=O. The van der Waals surface area contributed by atoms with Gasteiger partial charge in [0.1, 0.15) is 0 Å². The fourth-order valence-electron chi connectivity index (χ4n) is 3.80. The molecule has 1 unspecified atom stereocenters. The van der Waals surface area contributed by atoms with Gasteiger partial charge < -0.3 is 5.32 Å². The van der Waals surface area contributed by atoms with Crippen LogP contribution in [0.15, 0.2) is 36.4 Å². The Bertz CT molecular complexity index is 1010. The summed E-state index contributed by atoms with van der Waals surface area (Å²) in [6.45, 7) is 1.95. The number of hydrogen-bond donors (Lipinski definition) is 1. The molecule has 0 aromatic heterocycles. The number of nitrogens with one attached hydrogen (secondary N) is 1. The van der Waals surface area contributed by atoms with Crippen LogP contribution in [0.5, 0.6) is 0 Å². The Morgan fingerprint density at radius 2 is 1.70 bits per heavy atom. The van der Waals surface area contributed by atoms with E-state index in [2.05, 4.69) is 5.32 Å². The van der Waals surface area contributed by atoms with Gasteiger partial charge in [0, 0.05) is 24.6 Å². The number of nitrogens with zero attached hydrogens (tertiary/aromatic N) is 1. The highest BCUT2D eigenvalue weighted by atomic mass is 16.2. The van der Waals surface area contributed by atoms with Crippen molar-refractivity contribution in [3.63, 3.8) is 0 Å². The fraction of sp³-hybridized carbons (Fsp3) is 0.238. The zero-order chi connectivity index (χ0) is 19.3. The summed E-state index contributed by atoms with van der Waals surface area (Å²) in [4.78, 5) is 51.5. The van der Waals surface area contributed by atoms with Crippen LogP contribution in [0.3, 0.4) is 0 Å². The third-order valence-corrected chi connectivity index (χ3v) is 5.14. The van der Waals surface area contributed by atoms with Crippen LogP contribution in [0, 0.1) is 5.92 Å². The van der Waals surface area contributed by atoms with Crippen molar-refractivity contribution in [3.05, 3.63) is 64.2 Å².